The largest absolute Gasteiger partial charge is 0.495 e. The first-order chi connectivity index (χ1) is 15.9. The van der Waals surface area contributed by atoms with E-state index in [2.05, 4.69) is 21.2 Å². The molecule has 0 unspecified atom stereocenters. The third-order valence-corrected chi connectivity index (χ3v) is 7.23. The number of hydrogen-bond acceptors (Lipinski definition) is 6. The van der Waals surface area contributed by atoms with Crippen molar-refractivity contribution in [1.82, 2.24) is 15.1 Å². The van der Waals surface area contributed by atoms with Crippen molar-refractivity contribution in [2.45, 2.75) is 46.0 Å². The van der Waals surface area contributed by atoms with Crippen LogP contribution in [0.1, 0.15) is 46.0 Å². The first-order valence-corrected chi connectivity index (χ1v) is 12.1. The molecule has 1 N–H and O–H groups in total. The summed E-state index contributed by atoms with van der Waals surface area (Å²) in [6.45, 7) is 9.09. The van der Waals surface area contributed by atoms with E-state index in [0.29, 0.717) is 19.4 Å². The number of amides is 3. The molecule has 182 valence electrons. The molecule has 0 aromatic heterocycles. The number of para-hydroxylation sites is 2. The number of piperazine rings is 1. The van der Waals surface area contributed by atoms with E-state index in [-0.39, 0.29) is 29.7 Å². The molecule has 3 rings (SSSR count). The average molecular weight is 459 g/mol. The highest BCUT2D eigenvalue weighted by atomic mass is 16.5. The van der Waals surface area contributed by atoms with Gasteiger partial charge in [-0.1, -0.05) is 26.0 Å². The first kappa shape index (κ1) is 25.0. The van der Waals surface area contributed by atoms with Crippen molar-refractivity contribution >= 4 is 23.4 Å². The lowest BCUT2D eigenvalue weighted by atomic mass is 9.73. The van der Waals surface area contributed by atoms with Crippen LogP contribution in [0.3, 0.4) is 0 Å². The minimum absolute atomic E-state index is 0.168. The van der Waals surface area contributed by atoms with Crippen molar-refractivity contribution in [3.63, 3.8) is 0 Å². The van der Waals surface area contributed by atoms with Gasteiger partial charge in [0.2, 0.25) is 17.7 Å². The Morgan fingerprint density at radius 1 is 1.03 bits per heavy atom. The molecular weight excluding hydrogens is 420 g/mol. The number of rotatable bonds is 10. The Bertz CT molecular complexity index is 811. The Morgan fingerprint density at radius 2 is 1.67 bits per heavy atom. The summed E-state index contributed by atoms with van der Waals surface area (Å²) >= 11 is 0. The van der Waals surface area contributed by atoms with Crippen molar-refractivity contribution in [1.29, 1.82) is 0 Å². The number of anilines is 1. The highest BCUT2D eigenvalue weighted by Crippen LogP contribution is 2.39. The van der Waals surface area contributed by atoms with Gasteiger partial charge in [-0.3, -0.25) is 24.2 Å². The van der Waals surface area contributed by atoms with Crippen molar-refractivity contribution in [3.8, 4) is 5.75 Å². The molecule has 2 heterocycles. The summed E-state index contributed by atoms with van der Waals surface area (Å²) in [4.78, 5) is 43.2. The van der Waals surface area contributed by atoms with Gasteiger partial charge in [0.25, 0.3) is 0 Å². The SMILES string of the molecule is CCC1(CC)CC(=O)N(CC(=O)NCCCN2CCN(c3ccccc3OC)CC2)C(=O)C1. The van der Waals surface area contributed by atoms with E-state index >= 15 is 0 Å². The van der Waals surface area contributed by atoms with Crippen molar-refractivity contribution < 1.29 is 19.1 Å². The van der Waals surface area contributed by atoms with Gasteiger partial charge < -0.3 is 15.0 Å². The zero-order valence-electron chi connectivity index (χ0n) is 20.3. The van der Waals surface area contributed by atoms with Crippen LogP contribution in [0.4, 0.5) is 5.69 Å². The molecule has 1 aromatic rings. The second-order valence-electron chi connectivity index (χ2n) is 9.14. The number of carbonyl (C=O) groups is 3. The summed E-state index contributed by atoms with van der Waals surface area (Å²) in [5.74, 6) is 0.184. The predicted octanol–water partition coefficient (Wildman–Crippen LogP) is 2.28. The van der Waals surface area contributed by atoms with Crippen LogP contribution < -0.4 is 15.0 Å². The summed E-state index contributed by atoms with van der Waals surface area (Å²) in [5.41, 5.74) is 0.889. The van der Waals surface area contributed by atoms with E-state index in [9.17, 15) is 14.4 Å². The van der Waals surface area contributed by atoms with Gasteiger partial charge in [-0.05, 0) is 43.4 Å². The fourth-order valence-corrected chi connectivity index (χ4v) is 4.79. The topological polar surface area (TPSA) is 82.2 Å². The summed E-state index contributed by atoms with van der Waals surface area (Å²) in [7, 11) is 1.70. The normalized spacial score (nSPS) is 19.0. The number of likely N-dealkylation sites (tertiary alicyclic amines) is 1. The summed E-state index contributed by atoms with van der Waals surface area (Å²) < 4.78 is 5.48. The van der Waals surface area contributed by atoms with Crippen LogP contribution in [0.2, 0.25) is 0 Å². The van der Waals surface area contributed by atoms with E-state index < -0.39 is 0 Å². The number of nitrogens with zero attached hydrogens (tertiary/aromatic N) is 3. The molecule has 0 radical (unpaired) electrons. The van der Waals surface area contributed by atoms with E-state index in [0.717, 1.165) is 68.3 Å². The zero-order chi connectivity index (χ0) is 23.8. The highest BCUT2D eigenvalue weighted by Gasteiger charge is 2.41. The Balaban J connectivity index is 1.35. The monoisotopic (exact) mass is 458 g/mol. The molecule has 2 aliphatic heterocycles. The van der Waals surface area contributed by atoms with Crippen LogP contribution in [0, 0.1) is 5.41 Å². The molecule has 2 aliphatic rings. The van der Waals surface area contributed by atoms with E-state index in [1.807, 2.05) is 32.0 Å². The molecular formula is C25H38N4O4. The van der Waals surface area contributed by atoms with Crippen LogP contribution in [-0.2, 0) is 14.4 Å². The van der Waals surface area contributed by atoms with Crippen molar-refractivity contribution in [2.24, 2.45) is 5.41 Å². The zero-order valence-corrected chi connectivity index (χ0v) is 20.3. The fraction of sp³-hybridized carbons (Fsp3) is 0.640. The number of ether oxygens (including phenoxy) is 1. The molecule has 2 saturated heterocycles. The van der Waals surface area contributed by atoms with Crippen LogP contribution in [0.25, 0.3) is 0 Å². The maximum atomic E-state index is 12.5. The maximum Gasteiger partial charge on any atom is 0.240 e. The molecule has 8 heteroatoms. The fourth-order valence-electron chi connectivity index (χ4n) is 4.79. The maximum absolute atomic E-state index is 12.5. The van der Waals surface area contributed by atoms with Gasteiger partial charge >= 0.3 is 0 Å². The number of nitrogens with one attached hydrogen (secondary N) is 1. The number of hydrogen-bond donors (Lipinski definition) is 1. The Labute approximate surface area is 197 Å². The third kappa shape index (κ3) is 6.25. The number of piperidine rings is 1. The first-order valence-electron chi connectivity index (χ1n) is 12.1. The summed E-state index contributed by atoms with van der Waals surface area (Å²) in [5, 5.41) is 2.87. The quantitative estimate of drug-likeness (QED) is 0.428. The average Bonchev–Trinajstić information content (AvgIpc) is 2.84. The van der Waals surface area contributed by atoms with Crippen LogP contribution in [0.5, 0.6) is 5.75 Å². The second kappa shape index (κ2) is 11.5. The molecule has 2 fully saturated rings. The molecule has 0 spiro atoms. The number of carbonyl (C=O) groups excluding carboxylic acids is 3. The highest BCUT2D eigenvalue weighted by molar-refractivity contribution is 6.01. The van der Waals surface area contributed by atoms with Crippen LogP contribution >= 0.6 is 0 Å². The minimum Gasteiger partial charge on any atom is -0.495 e. The Kier molecular flexibility index (Phi) is 8.72. The number of imide groups is 1. The van der Waals surface area contributed by atoms with Gasteiger partial charge in [-0.2, -0.15) is 0 Å². The molecule has 3 amide bonds. The summed E-state index contributed by atoms with van der Waals surface area (Å²) in [6.07, 6.45) is 3.12. The second-order valence-corrected chi connectivity index (χ2v) is 9.14. The predicted molar refractivity (Wildman–Crippen MR) is 128 cm³/mol. The van der Waals surface area contributed by atoms with Gasteiger partial charge in [0.05, 0.1) is 12.8 Å². The number of methoxy groups -OCH3 is 1. The van der Waals surface area contributed by atoms with E-state index in [1.165, 1.54) is 0 Å². The van der Waals surface area contributed by atoms with Gasteiger partial charge in [0.15, 0.2) is 0 Å². The minimum atomic E-state index is -0.266. The van der Waals surface area contributed by atoms with Gasteiger partial charge in [-0.25, -0.2) is 0 Å². The van der Waals surface area contributed by atoms with Crippen molar-refractivity contribution in [3.05, 3.63) is 24.3 Å². The third-order valence-electron chi connectivity index (χ3n) is 7.23. The molecule has 0 bridgehead atoms. The van der Waals surface area contributed by atoms with Crippen LogP contribution in [0.15, 0.2) is 24.3 Å². The van der Waals surface area contributed by atoms with Crippen LogP contribution in [-0.4, -0.2) is 80.4 Å². The molecule has 1 aromatic carbocycles. The Hall–Kier alpha value is -2.61. The molecule has 33 heavy (non-hydrogen) atoms. The van der Waals surface area contributed by atoms with Gasteiger partial charge in [0, 0.05) is 45.6 Å². The standard InChI is InChI=1S/C25H38N4O4/c1-4-25(5-2)17-23(31)29(24(32)18-25)19-22(30)26-11-8-12-27-13-15-28(16-14-27)20-9-6-7-10-21(20)33-3/h6-7,9-10H,4-5,8,11-19H2,1-3H3,(H,26,30). The molecule has 0 aliphatic carbocycles. The van der Waals surface area contributed by atoms with Gasteiger partial charge in [-0.15, -0.1) is 0 Å². The molecule has 0 saturated carbocycles. The van der Waals surface area contributed by atoms with E-state index in [1.54, 1.807) is 7.11 Å². The lowest BCUT2D eigenvalue weighted by molar-refractivity contribution is -0.156. The summed E-state index contributed by atoms with van der Waals surface area (Å²) in [6, 6.07) is 8.08. The lowest BCUT2D eigenvalue weighted by Crippen LogP contribution is -2.51. The van der Waals surface area contributed by atoms with Gasteiger partial charge in [0.1, 0.15) is 12.3 Å². The smallest absolute Gasteiger partial charge is 0.240 e. The molecule has 0 atom stereocenters. The van der Waals surface area contributed by atoms with Crippen molar-refractivity contribution in [2.75, 3.05) is 57.8 Å². The lowest BCUT2D eigenvalue weighted by Gasteiger charge is -2.38. The number of benzene rings is 1. The van der Waals surface area contributed by atoms with E-state index in [4.69, 9.17) is 4.74 Å². The Morgan fingerprint density at radius 3 is 2.27 bits per heavy atom. The molecule has 8 nitrogen and oxygen atoms in total.